The molecule has 7 rings (SSSR count). The van der Waals surface area contributed by atoms with Gasteiger partial charge in [-0.05, 0) is 75.9 Å². The smallest absolute Gasteiger partial charge is 0.186 e. The number of halogens is 1. The van der Waals surface area contributed by atoms with Crippen LogP contribution < -0.4 is 28.7 Å². The van der Waals surface area contributed by atoms with E-state index in [9.17, 15) is 40.2 Å². The van der Waals surface area contributed by atoms with Gasteiger partial charge in [-0.25, -0.2) is 4.39 Å². The second-order valence-electron chi connectivity index (χ2n) is 18.7. The molecule has 0 aromatic carbocycles. The first-order valence-corrected chi connectivity index (χ1v) is 20.8. The van der Waals surface area contributed by atoms with E-state index in [1.54, 1.807) is 26.8 Å². The van der Waals surface area contributed by atoms with E-state index < -0.39 is 137 Å². The van der Waals surface area contributed by atoms with Gasteiger partial charge < -0.3 is 78.3 Å². The second-order valence-corrected chi connectivity index (χ2v) is 18.7. The monoisotopic (exact) mass is 825 g/mol. The molecule has 6 fully saturated rings. The second kappa shape index (κ2) is 15.8. The minimum atomic E-state index is -2.13. The molecule has 18 heteroatoms. The van der Waals surface area contributed by atoms with Crippen molar-refractivity contribution < 1.29 is 63.6 Å². The van der Waals surface area contributed by atoms with Crippen molar-refractivity contribution in [2.75, 3.05) is 6.54 Å². The van der Waals surface area contributed by atoms with Crippen molar-refractivity contribution in [3.8, 4) is 0 Å². The van der Waals surface area contributed by atoms with E-state index in [0.717, 1.165) is 0 Å². The Morgan fingerprint density at radius 1 is 0.897 bits per heavy atom. The Labute approximate surface area is 337 Å². The molecule has 0 amide bonds. The lowest BCUT2D eigenvalue weighted by molar-refractivity contribution is -0.313. The van der Waals surface area contributed by atoms with Gasteiger partial charge in [-0.3, -0.25) is 9.59 Å². The standard InChI is InChI=1S/C40H64FN5O12/c1-16-10-20-19-5-4-17-11-18(47)8-9-37(17,2)39(19,41)28(50)14-38(20,3)40(16,54)27(49)7-6-25-30(51)29(46)31(52)36(55-25)58-34-22(44)12-21(43)33(32(34)53)57-35-23(45)13-24(48)26(15-42)56-35/h8-9,11,16,19-26,28-36,48,50-54H,4-7,10,12-15,42-46H2,1-3H3/t16-,19?,20?,21+,22-,23-,24+,25-,26-,28+,29+,30-,31-,32+,33-,34+,35-,36+,37+,38+,39+,40+/m1/s1. The predicted molar refractivity (Wildman–Crippen MR) is 203 cm³/mol. The highest BCUT2D eigenvalue weighted by Crippen LogP contribution is 2.70. The molecule has 2 heterocycles. The normalized spacial score (nSPS) is 54.3. The van der Waals surface area contributed by atoms with E-state index in [1.165, 1.54) is 12.2 Å². The Balaban J connectivity index is 1.04. The Hall–Kier alpha value is -1.85. The molecule has 2 aliphatic heterocycles. The highest BCUT2D eigenvalue weighted by molar-refractivity contribution is 6.01. The van der Waals surface area contributed by atoms with Crippen molar-refractivity contribution in [1.82, 2.24) is 0 Å². The van der Waals surface area contributed by atoms with Crippen LogP contribution in [0, 0.1) is 28.6 Å². The lowest BCUT2D eigenvalue weighted by Gasteiger charge is -2.62. The van der Waals surface area contributed by atoms with Gasteiger partial charge >= 0.3 is 0 Å². The fraction of sp³-hybridized carbons (Fsp3) is 0.850. The summed E-state index contributed by atoms with van der Waals surface area (Å²) in [5.41, 5.74) is 25.0. The van der Waals surface area contributed by atoms with Crippen LogP contribution in [0.1, 0.15) is 72.1 Å². The number of aliphatic hydroxyl groups excluding tert-OH is 5. The number of Topliss-reactive ketones (excluding diaryl/α,β-unsaturated/α-hetero) is 1. The van der Waals surface area contributed by atoms with Gasteiger partial charge in [0.1, 0.15) is 30.0 Å². The molecule has 17 nitrogen and oxygen atoms in total. The number of ketones is 2. The summed E-state index contributed by atoms with van der Waals surface area (Å²) in [5.74, 6) is -2.55. The molecule has 2 unspecified atom stereocenters. The molecule has 0 radical (unpaired) electrons. The van der Waals surface area contributed by atoms with E-state index in [4.69, 9.17) is 47.6 Å². The van der Waals surface area contributed by atoms with Gasteiger partial charge in [0.2, 0.25) is 0 Å². The number of carbonyl (C=O) groups is 2. The first kappa shape index (κ1) is 44.2. The molecule has 0 aromatic heterocycles. The van der Waals surface area contributed by atoms with E-state index in [-0.39, 0.29) is 44.4 Å². The van der Waals surface area contributed by atoms with Crippen LogP contribution in [-0.4, -0.2) is 152 Å². The van der Waals surface area contributed by atoms with Crippen molar-refractivity contribution in [2.45, 2.75) is 175 Å². The minimum absolute atomic E-state index is 0.00198. The van der Waals surface area contributed by atoms with Gasteiger partial charge in [0.15, 0.2) is 29.8 Å². The molecular formula is C40H64FN5O12. The third-order valence-corrected chi connectivity index (χ3v) is 15.5. The molecular weight excluding hydrogens is 761 g/mol. The molecule has 0 bridgehead atoms. The molecule has 328 valence electrons. The number of fused-ring (bicyclic) bond motifs is 5. The fourth-order valence-corrected chi connectivity index (χ4v) is 12.1. The van der Waals surface area contributed by atoms with E-state index in [1.807, 2.05) is 0 Å². The minimum Gasteiger partial charge on any atom is -0.390 e. The van der Waals surface area contributed by atoms with Crippen LogP contribution in [0.25, 0.3) is 0 Å². The maximum absolute atomic E-state index is 17.6. The Morgan fingerprint density at radius 2 is 1.53 bits per heavy atom. The number of hydrogen-bond donors (Lipinski definition) is 11. The third kappa shape index (κ3) is 6.70. The maximum atomic E-state index is 17.6. The van der Waals surface area contributed by atoms with Gasteiger partial charge in [0.05, 0.1) is 42.6 Å². The van der Waals surface area contributed by atoms with Crippen molar-refractivity contribution in [2.24, 2.45) is 57.3 Å². The summed E-state index contributed by atoms with van der Waals surface area (Å²) in [7, 11) is 0. The number of carbonyl (C=O) groups excluding carboxylic acids is 2. The number of nitrogens with two attached hydrogens (primary N) is 5. The zero-order chi connectivity index (χ0) is 42.4. The van der Waals surface area contributed by atoms with Crippen LogP contribution >= 0.6 is 0 Å². The highest BCUT2D eigenvalue weighted by Gasteiger charge is 2.75. The quantitative estimate of drug-likeness (QED) is 0.114. The topological polar surface area (TPSA) is 323 Å². The summed E-state index contributed by atoms with van der Waals surface area (Å²) >= 11 is 0. The summed E-state index contributed by atoms with van der Waals surface area (Å²) in [4.78, 5) is 26.6. The van der Waals surface area contributed by atoms with Gasteiger partial charge in [-0.1, -0.05) is 25.5 Å². The van der Waals surface area contributed by atoms with Gasteiger partial charge in [-0.2, -0.15) is 0 Å². The lowest BCUT2D eigenvalue weighted by atomic mass is 9.44. The summed E-state index contributed by atoms with van der Waals surface area (Å²) in [6.07, 6.45) is -8.75. The Bertz CT molecular complexity index is 1650. The number of allylic oxidation sites excluding steroid dienone is 4. The molecule has 7 aliphatic rings. The van der Waals surface area contributed by atoms with Crippen molar-refractivity contribution >= 4 is 11.6 Å². The van der Waals surface area contributed by atoms with Crippen molar-refractivity contribution in [3.05, 3.63) is 23.8 Å². The number of hydrogen-bond acceptors (Lipinski definition) is 17. The number of rotatable bonds is 9. The fourth-order valence-electron chi connectivity index (χ4n) is 12.1. The summed E-state index contributed by atoms with van der Waals surface area (Å²) in [5, 5.41) is 68.2. The Morgan fingerprint density at radius 3 is 2.19 bits per heavy atom. The predicted octanol–water partition coefficient (Wildman–Crippen LogP) is -2.59. The lowest BCUT2D eigenvalue weighted by Crippen LogP contribution is -2.69. The molecule has 58 heavy (non-hydrogen) atoms. The van der Waals surface area contributed by atoms with Crippen LogP contribution in [0.4, 0.5) is 4.39 Å². The Kier molecular flexibility index (Phi) is 12.0. The first-order valence-electron chi connectivity index (χ1n) is 20.8. The SMILES string of the molecule is C[C@@H]1CC2C3CCC4=CC(=O)C=C[C@]4(C)[C@@]3(F)[C@@H](O)C[C@]2(C)[C@@]1(O)C(=O)CC[C@H]1O[C@@H](O[C@@H]2[C@@H](O)[C@H](O[C@H]3O[C@H](CN)[C@@H](O)C[C@H]3N)[C@@H](N)C[C@H]2N)[C@H](O)[C@@H](N)[C@@H]1O. The van der Waals surface area contributed by atoms with E-state index in [0.29, 0.717) is 24.8 Å². The van der Waals surface area contributed by atoms with Crippen LogP contribution in [0.2, 0.25) is 0 Å². The molecule has 0 spiro atoms. The molecule has 4 saturated carbocycles. The zero-order valence-electron chi connectivity index (χ0n) is 33.4. The summed E-state index contributed by atoms with van der Waals surface area (Å²) in [6.45, 7) is 5.20. The molecule has 22 atom stereocenters. The number of alkyl halides is 1. The average Bonchev–Trinajstić information content (AvgIpc) is 3.37. The number of ether oxygens (including phenoxy) is 4. The summed E-state index contributed by atoms with van der Waals surface area (Å²) < 4.78 is 41.6. The molecule has 16 N–H and O–H groups in total. The maximum Gasteiger partial charge on any atom is 0.186 e. The largest absolute Gasteiger partial charge is 0.390 e. The summed E-state index contributed by atoms with van der Waals surface area (Å²) in [6, 6.07) is -3.72. The van der Waals surface area contributed by atoms with E-state index in [2.05, 4.69) is 0 Å². The molecule has 0 aromatic rings. The first-order chi connectivity index (χ1) is 27.1. The molecule has 5 aliphatic carbocycles. The highest BCUT2D eigenvalue weighted by atomic mass is 19.1. The zero-order valence-corrected chi connectivity index (χ0v) is 33.4. The van der Waals surface area contributed by atoms with Gasteiger partial charge in [0, 0.05) is 41.8 Å². The number of aliphatic hydroxyl groups is 6. The average molecular weight is 826 g/mol. The van der Waals surface area contributed by atoms with E-state index >= 15 is 4.39 Å². The van der Waals surface area contributed by atoms with Crippen molar-refractivity contribution in [1.29, 1.82) is 0 Å². The molecule has 2 saturated heterocycles. The van der Waals surface area contributed by atoms with Crippen LogP contribution in [-0.2, 0) is 28.5 Å². The third-order valence-electron chi connectivity index (χ3n) is 15.5. The van der Waals surface area contributed by atoms with Crippen LogP contribution in [0.5, 0.6) is 0 Å². The van der Waals surface area contributed by atoms with Gasteiger partial charge in [-0.15, -0.1) is 0 Å². The van der Waals surface area contributed by atoms with Crippen molar-refractivity contribution in [3.63, 3.8) is 0 Å². The van der Waals surface area contributed by atoms with Crippen LogP contribution in [0.3, 0.4) is 0 Å². The van der Waals surface area contributed by atoms with Crippen LogP contribution in [0.15, 0.2) is 23.8 Å². The van der Waals surface area contributed by atoms with Gasteiger partial charge in [0.25, 0.3) is 0 Å².